The number of methoxy groups -OCH3 is 1. The predicted octanol–water partition coefficient (Wildman–Crippen LogP) is 2.38. The van der Waals surface area contributed by atoms with Gasteiger partial charge in [0.15, 0.2) is 6.10 Å². The van der Waals surface area contributed by atoms with Gasteiger partial charge in [0.05, 0.1) is 0 Å². The summed E-state index contributed by atoms with van der Waals surface area (Å²) in [6.45, 7) is 5.82. The van der Waals surface area contributed by atoms with Crippen molar-refractivity contribution in [3.8, 4) is 0 Å². The van der Waals surface area contributed by atoms with Gasteiger partial charge in [0.1, 0.15) is 0 Å². The first-order valence-corrected chi connectivity index (χ1v) is 8.67. The number of piperidine rings is 1. The van der Waals surface area contributed by atoms with Crippen molar-refractivity contribution in [2.45, 2.75) is 32.8 Å². The van der Waals surface area contributed by atoms with Gasteiger partial charge in [-0.3, -0.25) is 9.59 Å². The van der Waals surface area contributed by atoms with Crippen molar-refractivity contribution in [2.75, 3.05) is 26.7 Å². The van der Waals surface area contributed by atoms with Crippen LogP contribution in [0.25, 0.3) is 0 Å². The molecule has 1 aliphatic rings. The molecule has 2 atom stereocenters. The Morgan fingerprint density at radius 1 is 1.29 bits per heavy atom. The van der Waals surface area contributed by atoms with Crippen LogP contribution in [-0.4, -0.2) is 43.5 Å². The number of ether oxygens (including phenoxy) is 1. The number of hydrogen-bond acceptors (Lipinski definition) is 3. The van der Waals surface area contributed by atoms with Crippen LogP contribution in [0.4, 0.5) is 0 Å². The van der Waals surface area contributed by atoms with Gasteiger partial charge in [0.25, 0.3) is 5.91 Å². The highest BCUT2D eigenvalue weighted by atomic mass is 16.5. The van der Waals surface area contributed by atoms with E-state index in [9.17, 15) is 9.59 Å². The maximum Gasteiger partial charge on any atom is 0.256 e. The molecule has 0 saturated carbocycles. The lowest BCUT2D eigenvalue weighted by Gasteiger charge is -2.35. The molecule has 0 aromatic heterocycles. The summed E-state index contributed by atoms with van der Waals surface area (Å²) < 4.78 is 5.46. The molecule has 0 radical (unpaired) electrons. The molecule has 5 nitrogen and oxygen atoms in total. The molecule has 0 spiro atoms. The number of benzene rings is 1. The van der Waals surface area contributed by atoms with Gasteiger partial charge in [-0.15, -0.1) is 0 Å². The highest BCUT2D eigenvalue weighted by molar-refractivity contribution is 5.82. The van der Waals surface area contributed by atoms with Gasteiger partial charge in [-0.25, -0.2) is 0 Å². The summed E-state index contributed by atoms with van der Waals surface area (Å²) in [6.07, 6.45) is 1.43. The van der Waals surface area contributed by atoms with Crippen LogP contribution in [0.2, 0.25) is 0 Å². The number of carbonyl (C=O) groups is 2. The Labute approximate surface area is 144 Å². The molecule has 1 aromatic rings. The molecule has 2 amide bonds. The van der Waals surface area contributed by atoms with Crippen molar-refractivity contribution in [3.05, 3.63) is 35.9 Å². The standard InChI is InChI=1S/C19H28N2O3/c1-14(2)18(22)20-12-15-8-7-11-21(13-15)19(23)17(24-3)16-9-5-4-6-10-16/h4-6,9-10,14-15,17H,7-8,11-13H2,1-3H3,(H,20,22). The van der Waals surface area contributed by atoms with E-state index in [0.29, 0.717) is 19.0 Å². The second-order valence-electron chi connectivity index (χ2n) is 6.72. The Bertz CT molecular complexity index is 545. The number of carbonyl (C=O) groups excluding carboxylic acids is 2. The van der Waals surface area contributed by atoms with Crippen molar-refractivity contribution in [1.29, 1.82) is 0 Å². The van der Waals surface area contributed by atoms with E-state index in [1.807, 2.05) is 49.1 Å². The average molecular weight is 332 g/mol. The molecule has 1 fully saturated rings. The fourth-order valence-electron chi connectivity index (χ4n) is 3.05. The smallest absolute Gasteiger partial charge is 0.256 e. The zero-order chi connectivity index (χ0) is 17.5. The van der Waals surface area contributed by atoms with Crippen molar-refractivity contribution in [1.82, 2.24) is 10.2 Å². The summed E-state index contributed by atoms with van der Waals surface area (Å²) in [7, 11) is 1.57. The number of nitrogens with one attached hydrogen (secondary N) is 1. The van der Waals surface area contributed by atoms with Gasteiger partial charge in [0.2, 0.25) is 5.91 Å². The first kappa shape index (κ1) is 18.5. The number of nitrogens with zero attached hydrogens (tertiary/aromatic N) is 1. The highest BCUT2D eigenvalue weighted by Gasteiger charge is 2.30. The van der Waals surface area contributed by atoms with Crippen molar-refractivity contribution in [2.24, 2.45) is 11.8 Å². The predicted molar refractivity (Wildman–Crippen MR) is 93.3 cm³/mol. The summed E-state index contributed by atoms with van der Waals surface area (Å²) in [5, 5.41) is 2.98. The molecule has 132 valence electrons. The van der Waals surface area contributed by atoms with E-state index in [1.54, 1.807) is 7.11 Å². The van der Waals surface area contributed by atoms with Crippen molar-refractivity contribution < 1.29 is 14.3 Å². The largest absolute Gasteiger partial charge is 0.367 e. The van der Waals surface area contributed by atoms with Crippen LogP contribution in [0.5, 0.6) is 0 Å². The van der Waals surface area contributed by atoms with E-state index in [-0.39, 0.29) is 17.7 Å². The van der Waals surface area contributed by atoms with Gasteiger partial charge in [-0.05, 0) is 24.3 Å². The molecule has 1 saturated heterocycles. The number of likely N-dealkylation sites (tertiary alicyclic amines) is 1. The third-order valence-corrected chi connectivity index (χ3v) is 4.48. The summed E-state index contributed by atoms with van der Waals surface area (Å²) in [4.78, 5) is 26.4. The van der Waals surface area contributed by atoms with Crippen LogP contribution in [0, 0.1) is 11.8 Å². The number of amides is 2. The van der Waals surface area contributed by atoms with E-state index in [4.69, 9.17) is 4.74 Å². The van der Waals surface area contributed by atoms with Crippen molar-refractivity contribution >= 4 is 11.8 Å². The quantitative estimate of drug-likeness (QED) is 0.870. The minimum absolute atomic E-state index is 0.00332. The van der Waals surface area contributed by atoms with Gasteiger partial charge < -0.3 is 15.0 Å². The molecule has 1 heterocycles. The molecule has 0 bridgehead atoms. The Balaban J connectivity index is 1.95. The maximum absolute atomic E-state index is 12.8. The summed E-state index contributed by atoms with van der Waals surface area (Å²) in [6, 6.07) is 9.58. The van der Waals surface area contributed by atoms with E-state index in [0.717, 1.165) is 24.9 Å². The first-order valence-electron chi connectivity index (χ1n) is 8.67. The van der Waals surface area contributed by atoms with Crippen LogP contribution < -0.4 is 5.32 Å². The Morgan fingerprint density at radius 2 is 2.00 bits per heavy atom. The van der Waals surface area contributed by atoms with Crippen LogP contribution in [-0.2, 0) is 14.3 Å². The highest BCUT2D eigenvalue weighted by Crippen LogP contribution is 2.23. The lowest BCUT2D eigenvalue weighted by atomic mass is 9.96. The Hall–Kier alpha value is -1.88. The Kier molecular flexibility index (Phi) is 6.79. The Morgan fingerprint density at radius 3 is 2.62 bits per heavy atom. The second kappa shape index (κ2) is 8.83. The summed E-state index contributed by atoms with van der Waals surface area (Å²) in [5.41, 5.74) is 0.875. The van der Waals surface area contributed by atoms with Gasteiger partial charge in [-0.2, -0.15) is 0 Å². The second-order valence-corrected chi connectivity index (χ2v) is 6.72. The van der Waals surface area contributed by atoms with Crippen molar-refractivity contribution in [3.63, 3.8) is 0 Å². The van der Waals surface area contributed by atoms with E-state index in [2.05, 4.69) is 5.32 Å². The zero-order valence-electron chi connectivity index (χ0n) is 14.8. The topological polar surface area (TPSA) is 58.6 Å². The molecule has 5 heteroatoms. The molecule has 24 heavy (non-hydrogen) atoms. The lowest BCUT2D eigenvalue weighted by molar-refractivity contribution is -0.144. The average Bonchev–Trinajstić information content (AvgIpc) is 2.61. The van der Waals surface area contributed by atoms with Crippen LogP contribution in [0.3, 0.4) is 0 Å². The maximum atomic E-state index is 12.8. The third kappa shape index (κ3) is 4.81. The minimum Gasteiger partial charge on any atom is -0.367 e. The summed E-state index contributed by atoms with van der Waals surface area (Å²) in [5.74, 6) is 0.363. The van der Waals surface area contributed by atoms with E-state index < -0.39 is 6.10 Å². The van der Waals surface area contributed by atoms with Gasteiger partial charge in [-0.1, -0.05) is 44.2 Å². The monoisotopic (exact) mass is 332 g/mol. The first-order chi connectivity index (χ1) is 11.5. The normalized spacial score (nSPS) is 19.2. The van der Waals surface area contributed by atoms with E-state index >= 15 is 0 Å². The fourth-order valence-corrected chi connectivity index (χ4v) is 3.05. The molecule has 1 aromatic carbocycles. The molecule has 1 aliphatic heterocycles. The molecule has 0 aliphatic carbocycles. The zero-order valence-corrected chi connectivity index (χ0v) is 14.8. The fraction of sp³-hybridized carbons (Fsp3) is 0.579. The molecule has 1 N–H and O–H groups in total. The van der Waals surface area contributed by atoms with Gasteiger partial charge in [0, 0.05) is 32.7 Å². The van der Waals surface area contributed by atoms with E-state index in [1.165, 1.54) is 0 Å². The SMILES string of the molecule is COC(C(=O)N1CCCC(CNC(=O)C(C)C)C1)c1ccccc1. The molecule has 2 rings (SSSR count). The molecular weight excluding hydrogens is 304 g/mol. The lowest BCUT2D eigenvalue weighted by Crippen LogP contribution is -2.46. The van der Waals surface area contributed by atoms with Crippen LogP contribution in [0.1, 0.15) is 38.4 Å². The number of rotatable bonds is 6. The van der Waals surface area contributed by atoms with Crippen LogP contribution >= 0.6 is 0 Å². The minimum atomic E-state index is -0.560. The summed E-state index contributed by atoms with van der Waals surface area (Å²) >= 11 is 0. The molecular formula is C19H28N2O3. The third-order valence-electron chi connectivity index (χ3n) is 4.48. The number of hydrogen-bond donors (Lipinski definition) is 1. The molecule has 2 unspecified atom stereocenters. The van der Waals surface area contributed by atoms with Crippen LogP contribution in [0.15, 0.2) is 30.3 Å². The van der Waals surface area contributed by atoms with Gasteiger partial charge >= 0.3 is 0 Å².